The lowest BCUT2D eigenvalue weighted by atomic mass is 9.83. The normalized spacial score (nSPS) is 21.0. The first kappa shape index (κ1) is 15.0. The maximum absolute atomic E-state index is 10.9. The molecule has 2 N–H and O–H groups in total. The van der Waals surface area contributed by atoms with Gasteiger partial charge in [-0.1, -0.05) is 52.4 Å². The first-order valence-electron chi connectivity index (χ1n) is 7.68. The van der Waals surface area contributed by atoms with Crippen molar-refractivity contribution < 1.29 is 5.11 Å². The van der Waals surface area contributed by atoms with Gasteiger partial charge < -0.3 is 10.4 Å². The first-order valence-corrected chi connectivity index (χ1v) is 7.68. The average Bonchev–Trinajstić information content (AvgIpc) is 2.84. The molecular formula is C15H31NO. The van der Waals surface area contributed by atoms with Crippen molar-refractivity contribution in [2.24, 2.45) is 0 Å². The third-order valence-electron chi connectivity index (χ3n) is 4.14. The zero-order chi connectivity index (χ0) is 12.6. The number of hydrogen-bond donors (Lipinski definition) is 2. The highest BCUT2D eigenvalue weighted by molar-refractivity contribution is 4.94. The first-order chi connectivity index (χ1) is 8.23. The molecule has 0 amide bonds. The minimum absolute atomic E-state index is 0.358. The van der Waals surface area contributed by atoms with E-state index in [-0.39, 0.29) is 0 Å². The van der Waals surface area contributed by atoms with Crippen LogP contribution >= 0.6 is 0 Å². The van der Waals surface area contributed by atoms with Crippen LogP contribution in [-0.4, -0.2) is 23.3 Å². The van der Waals surface area contributed by atoms with Crippen LogP contribution in [0.2, 0.25) is 0 Å². The van der Waals surface area contributed by atoms with Crippen LogP contribution in [-0.2, 0) is 0 Å². The van der Waals surface area contributed by atoms with Crippen LogP contribution < -0.4 is 5.32 Å². The van der Waals surface area contributed by atoms with Crippen LogP contribution in [0.15, 0.2) is 0 Å². The molecule has 0 bridgehead atoms. The molecule has 0 aliphatic carbocycles. The highest BCUT2D eigenvalue weighted by atomic mass is 16.3. The van der Waals surface area contributed by atoms with Gasteiger partial charge in [-0.05, 0) is 32.2 Å². The molecule has 102 valence electrons. The molecule has 0 radical (unpaired) electrons. The summed E-state index contributed by atoms with van der Waals surface area (Å²) in [6, 6.07) is 0.358. The monoisotopic (exact) mass is 241 g/mol. The average molecular weight is 241 g/mol. The summed E-state index contributed by atoms with van der Waals surface area (Å²) in [4.78, 5) is 0. The molecule has 0 saturated carbocycles. The second-order valence-electron chi connectivity index (χ2n) is 5.67. The van der Waals surface area contributed by atoms with E-state index in [4.69, 9.17) is 0 Å². The van der Waals surface area contributed by atoms with Gasteiger partial charge in [0.25, 0.3) is 0 Å². The van der Waals surface area contributed by atoms with Crippen LogP contribution in [0.4, 0.5) is 0 Å². The molecule has 0 aromatic rings. The Balaban J connectivity index is 2.42. The van der Waals surface area contributed by atoms with Crippen LogP contribution in [0.5, 0.6) is 0 Å². The van der Waals surface area contributed by atoms with Gasteiger partial charge in [0, 0.05) is 6.04 Å². The molecule has 1 aliphatic rings. The second-order valence-corrected chi connectivity index (χ2v) is 5.67. The van der Waals surface area contributed by atoms with Crippen molar-refractivity contribution in [2.45, 2.75) is 89.7 Å². The third kappa shape index (κ3) is 4.97. The van der Waals surface area contributed by atoms with Crippen molar-refractivity contribution in [3.63, 3.8) is 0 Å². The highest BCUT2D eigenvalue weighted by Crippen LogP contribution is 2.30. The van der Waals surface area contributed by atoms with Crippen molar-refractivity contribution in [2.75, 3.05) is 6.54 Å². The van der Waals surface area contributed by atoms with Crippen molar-refractivity contribution in [1.29, 1.82) is 0 Å². The summed E-state index contributed by atoms with van der Waals surface area (Å²) < 4.78 is 0. The van der Waals surface area contributed by atoms with E-state index in [1.165, 1.54) is 44.9 Å². The van der Waals surface area contributed by atoms with E-state index in [2.05, 4.69) is 19.2 Å². The summed E-state index contributed by atoms with van der Waals surface area (Å²) >= 11 is 0. The largest absolute Gasteiger partial charge is 0.388 e. The quantitative estimate of drug-likeness (QED) is 0.604. The summed E-state index contributed by atoms with van der Waals surface area (Å²) in [6.45, 7) is 5.54. The summed E-state index contributed by atoms with van der Waals surface area (Å²) in [5.74, 6) is 0. The van der Waals surface area contributed by atoms with Gasteiger partial charge in [0.15, 0.2) is 0 Å². The van der Waals surface area contributed by atoms with Gasteiger partial charge in [-0.2, -0.15) is 0 Å². The van der Waals surface area contributed by atoms with Crippen molar-refractivity contribution in [3.05, 3.63) is 0 Å². The van der Waals surface area contributed by atoms with Gasteiger partial charge in [-0.25, -0.2) is 0 Å². The fourth-order valence-electron chi connectivity index (χ4n) is 2.98. The predicted octanol–water partition coefficient (Wildman–Crippen LogP) is 3.63. The van der Waals surface area contributed by atoms with Crippen molar-refractivity contribution >= 4 is 0 Å². The SMILES string of the molecule is CCCCCC(O)(CCCCC)C1CCCN1. The van der Waals surface area contributed by atoms with Gasteiger partial charge in [0.2, 0.25) is 0 Å². The van der Waals surface area contributed by atoms with Crippen molar-refractivity contribution in [1.82, 2.24) is 5.32 Å². The molecule has 1 rings (SSSR count). The molecular weight excluding hydrogens is 210 g/mol. The fourth-order valence-corrected chi connectivity index (χ4v) is 2.98. The lowest BCUT2D eigenvalue weighted by molar-refractivity contribution is -0.0127. The lowest BCUT2D eigenvalue weighted by Crippen LogP contribution is -2.47. The molecule has 0 spiro atoms. The Morgan fingerprint density at radius 1 is 1.06 bits per heavy atom. The van der Waals surface area contributed by atoms with Crippen LogP contribution in [0.3, 0.4) is 0 Å². The Labute approximate surface area is 107 Å². The zero-order valence-corrected chi connectivity index (χ0v) is 11.8. The van der Waals surface area contributed by atoms with Gasteiger partial charge >= 0.3 is 0 Å². The van der Waals surface area contributed by atoms with Gasteiger partial charge in [-0.3, -0.25) is 0 Å². The Bertz CT molecular complexity index is 177. The van der Waals surface area contributed by atoms with E-state index >= 15 is 0 Å². The molecule has 1 saturated heterocycles. The number of hydrogen-bond acceptors (Lipinski definition) is 2. The Kier molecular flexibility index (Phi) is 7.14. The number of unbranched alkanes of at least 4 members (excludes halogenated alkanes) is 4. The zero-order valence-electron chi connectivity index (χ0n) is 11.8. The molecule has 2 heteroatoms. The van der Waals surface area contributed by atoms with Crippen LogP contribution in [0, 0.1) is 0 Å². The topological polar surface area (TPSA) is 32.3 Å². The third-order valence-corrected chi connectivity index (χ3v) is 4.14. The molecule has 0 aromatic heterocycles. The number of aliphatic hydroxyl groups is 1. The Morgan fingerprint density at radius 3 is 2.06 bits per heavy atom. The van der Waals surface area contributed by atoms with Gasteiger partial charge in [-0.15, -0.1) is 0 Å². The highest BCUT2D eigenvalue weighted by Gasteiger charge is 2.36. The summed E-state index contributed by atoms with van der Waals surface area (Å²) in [5.41, 5.74) is -0.430. The van der Waals surface area contributed by atoms with E-state index in [0.29, 0.717) is 6.04 Å². The minimum Gasteiger partial charge on any atom is -0.388 e. The van der Waals surface area contributed by atoms with Crippen LogP contribution in [0.1, 0.15) is 78.1 Å². The molecule has 1 heterocycles. The maximum Gasteiger partial charge on any atom is 0.0800 e. The van der Waals surface area contributed by atoms with E-state index in [0.717, 1.165) is 25.8 Å². The minimum atomic E-state index is -0.430. The standard InChI is InChI=1S/C15H31NO/c1-3-5-7-11-15(17,12-8-6-4-2)14-10-9-13-16-14/h14,16-17H,3-13H2,1-2H3. The molecule has 2 nitrogen and oxygen atoms in total. The van der Waals surface area contributed by atoms with Gasteiger partial charge in [0.1, 0.15) is 0 Å². The van der Waals surface area contributed by atoms with E-state index in [1.54, 1.807) is 0 Å². The summed E-state index contributed by atoms with van der Waals surface area (Å²) in [5, 5.41) is 14.4. The van der Waals surface area contributed by atoms with E-state index in [9.17, 15) is 5.11 Å². The lowest BCUT2D eigenvalue weighted by Gasteiger charge is -2.34. The maximum atomic E-state index is 10.9. The smallest absolute Gasteiger partial charge is 0.0800 e. The molecule has 17 heavy (non-hydrogen) atoms. The molecule has 1 fully saturated rings. The molecule has 0 aromatic carbocycles. The summed E-state index contributed by atoms with van der Waals surface area (Å²) in [7, 11) is 0. The summed E-state index contributed by atoms with van der Waals surface area (Å²) in [6.07, 6.45) is 11.7. The molecule has 1 atom stereocenters. The van der Waals surface area contributed by atoms with Crippen LogP contribution in [0.25, 0.3) is 0 Å². The fraction of sp³-hybridized carbons (Fsp3) is 1.00. The van der Waals surface area contributed by atoms with Gasteiger partial charge in [0.05, 0.1) is 5.60 Å². The van der Waals surface area contributed by atoms with E-state index < -0.39 is 5.60 Å². The number of rotatable bonds is 9. The molecule has 1 aliphatic heterocycles. The number of nitrogens with one attached hydrogen (secondary N) is 1. The Hall–Kier alpha value is -0.0800. The second kappa shape index (κ2) is 8.10. The van der Waals surface area contributed by atoms with E-state index in [1.807, 2.05) is 0 Å². The Morgan fingerprint density at radius 2 is 1.65 bits per heavy atom. The van der Waals surface area contributed by atoms with Crippen molar-refractivity contribution in [3.8, 4) is 0 Å². The molecule has 1 unspecified atom stereocenters. The predicted molar refractivity (Wildman–Crippen MR) is 74.3 cm³/mol.